The van der Waals surface area contributed by atoms with Crippen LogP contribution in [0.2, 0.25) is 0 Å². The Labute approximate surface area is 154 Å². The van der Waals surface area contributed by atoms with Crippen molar-refractivity contribution in [1.29, 1.82) is 0 Å². The van der Waals surface area contributed by atoms with E-state index in [0.717, 1.165) is 25.1 Å². The smallest absolute Gasteiger partial charge is 0.0876 e. The van der Waals surface area contributed by atoms with Gasteiger partial charge in [0.15, 0.2) is 0 Å². The van der Waals surface area contributed by atoms with E-state index in [1.54, 1.807) is 12.4 Å². The molecule has 2 unspecified atom stereocenters. The van der Waals surface area contributed by atoms with Gasteiger partial charge in [-0.05, 0) is 75.7 Å². The first kappa shape index (κ1) is 17.3. The van der Waals surface area contributed by atoms with Crippen molar-refractivity contribution in [3.8, 4) is 0 Å². The Morgan fingerprint density at radius 2 is 2.04 bits per heavy atom. The van der Waals surface area contributed by atoms with Gasteiger partial charge >= 0.3 is 0 Å². The van der Waals surface area contributed by atoms with Crippen LogP contribution in [0.5, 0.6) is 0 Å². The molecule has 0 amide bonds. The standard InChI is InChI=1S/C22H27N3O/c1-15-4-5-20-18(12-15)19-14-25(3)11-8-16(21(19)24-20)13-22(2,26)17-6-9-23-10-7-17/h4-7,9-10,12,16,24,26H,8,11,13-14H2,1-3H3. The third kappa shape index (κ3) is 3.15. The molecular weight excluding hydrogens is 322 g/mol. The molecule has 26 heavy (non-hydrogen) atoms. The van der Waals surface area contributed by atoms with Crippen LogP contribution in [-0.2, 0) is 12.1 Å². The fourth-order valence-corrected chi connectivity index (χ4v) is 4.28. The lowest BCUT2D eigenvalue weighted by Gasteiger charge is -2.28. The van der Waals surface area contributed by atoms with Gasteiger partial charge in [-0.3, -0.25) is 4.98 Å². The van der Waals surface area contributed by atoms with Crippen molar-refractivity contribution >= 4 is 10.9 Å². The Kier molecular flexibility index (Phi) is 4.33. The molecule has 2 aromatic heterocycles. The van der Waals surface area contributed by atoms with Gasteiger partial charge in [0.1, 0.15) is 0 Å². The van der Waals surface area contributed by atoms with E-state index in [2.05, 4.69) is 47.0 Å². The number of hydrogen-bond donors (Lipinski definition) is 2. The van der Waals surface area contributed by atoms with Crippen LogP contribution in [0.4, 0.5) is 0 Å². The zero-order chi connectivity index (χ0) is 18.3. The van der Waals surface area contributed by atoms with Crippen molar-refractivity contribution in [3.63, 3.8) is 0 Å². The third-order valence-corrected chi connectivity index (χ3v) is 5.74. The zero-order valence-electron chi connectivity index (χ0n) is 15.8. The van der Waals surface area contributed by atoms with Gasteiger partial charge in [-0.2, -0.15) is 0 Å². The number of nitrogens with one attached hydrogen (secondary N) is 1. The van der Waals surface area contributed by atoms with E-state index in [0.29, 0.717) is 12.3 Å². The molecule has 1 aliphatic rings. The van der Waals surface area contributed by atoms with Crippen LogP contribution in [0.3, 0.4) is 0 Å². The number of fused-ring (bicyclic) bond motifs is 3. The molecule has 0 saturated carbocycles. The molecule has 2 N–H and O–H groups in total. The summed E-state index contributed by atoms with van der Waals surface area (Å²) in [4.78, 5) is 10.1. The lowest BCUT2D eigenvalue weighted by atomic mass is 9.83. The first-order valence-electron chi connectivity index (χ1n) is 9.36. The number of aromatic nitrogens is 2. The van der Waals surface area contributed by atoms with Crippen LogP contribution < -0.4 is 0 Å². The second-order valence-corrected chi connectivity index (χ2v) is 8.00. The molecule has 0 saturated heterocycles. The summed E-state index contributed by atoms with van der Waals surface area (Å²) in [5, 5.41) is 12.5. The lowest BCUT2D eigenvalue weighted by molar-refractivity contribution is 0.0381. The summed E-state index contributed by atoms with van der Waals surface area (Å²) in [6.07, 6.45) is 5.24. The second kappa shape index (κ2) is 6.53. The highest BCUT2D eigenvalue weighted by Gasteiger charge is 2.32. The van der Waals surface area contributed by atoms with E-state index in [9.17, 15) is 5.11 Å². The molecule has 3 aromatic rings. The van der Waals surface area contributed by atoms with Crippen molar-refractivity contribution in [2.24, 2.45) is 0 Å². The lowest BCUT2D eigenvalue weighted by Crippen LogP contribution is -2.25. The largest absolute Gasteiger partial charge is 0.385 e. The maximum Gasteiger partial charge on any atom is 0.0876 e. The van der Waals surface area contributed by atoms with Crippen LogP contribution in [-0.4, -0.2) is 33.6 Å². The Bertz CT molecular complexity index is 914. The second-order valence-electron chi connectivity index (χ2n) is 8.00. The fourth-order valence-electron chi connectivity index (χ4n) is 4.28. The predicted octanol–water partition coefficient (Wildman–Crippen LogP) is 4.09. The van der Waals surface area contributed by atoms with Gasteiger partial charge in [0.2, 0.25) is 0 Å². The van der Waals surface area contributed by atoms with Crippen molar-refractivity contribution in [1.82, 2.24) is 14.9 Å². The molecule has 2 atom stereocenters. The van der Waals surface area contributed by atoms with E-state index in [-0.39, 0.29) is 0 Å². The fraction of sp³-hybridized carbons (Fsp3) is 0.409. The van der Waals surface area contributed by atoms with Crippen LogP contribution in [0.1, 0.15) is 48.1 Å². The van der Waals surface area contributed by atoms with E-state index in [1.165, 1.54) is 27.7 Å². The highest BCUT2D eigenvalue weighted by Crippen LogP contribution is 2.40. The highest BCUT2D eigenvalue weighted by atomic mass is 16.3. The number of aromatic amines is 1. The average Bonchev–Trinajstić information content (AvgIpc) is 2.89. The normalized spacial score (nSPS) is 20.5. The number of H-pyrrole nitrogens is 1. The van der Waals surface area contributed by atoms with Gasteiger partial charge in [0.25, 0.3) is 0 Å². The van der Waals surface area contributed by atoms with Crippen LogP contribution in [0, 0.1) is 6.92 Å². The van der Waals surface area contributed by atoms with Crippen LogP contribution >= 0.6 is 0 Å². The molecule has 4 rings (SSSR count). The molecule has 4 nitrogen and oxygen atoms in total. The number of aliphatic hydroxyl groups is 1. The molecule has 136 valence electrons. The van der Waals surface area contributed by atoms with Crippen molar-refractivity contribution in [2.45, 2.75) is 44.8 Å². The Morgan fingerprint density at radius 1 is 1.27 bits per heavy atom. The van der Waals surface area contributed by atoms with Gasteiger partial charge in [0.05, 0.1) is 5.60 Å². The minimum absolute atomic E-state index is 0.297. The molecule has 1 aliphatic heterocycles. The average molecular weight is 349 g/mol. The summed E-state index contributed by atoms with van der Waals surface area (Å²) in [7, 11) is 2.18. The third-order valence-electron chi connectivity index (χ3n) is 5.74. The predicted molar refractivity (Wildman–Crippen MR) is 105 cm³/mol. The molecular formula is C22H27N3O. The summed E-state index contributed by atoms with van der Waals surface area (Å²) < 4.78 is 0. The first-order chi connectivity index (χ1) is 12.4. The van der Waals surface area contributed by atoms with Crippen molar-refractivity contribution in [3.05, 3.63) is 65.1 Å². The van der Waals surface area contributed by atoms with E-state index in [4.69, 9.17) is 0 Å². The minimum Gasteiger partial charge on any atom is -0.385 e. The number of hydrogen-bond acceptors (Lipinski definition) is 3. The quantitative estimate of drug-likeness (QED) is 0.749. The van der Waals surface area contributed by atoms with Gasteiger partial charge in [0, 0.05) is 41.5 Å². The molecule has 4 heteroatoms. The van der Waals surface area contributed by atoms with Gasteiger partial charge in [-0.15, -0.1) is 0 Å². The van der Waals surface area contributed by atoms with Crippen LogP contribution in [0.15, 0.2) is 42.7 Å². The Morgan fingerprint density at radius 3 is 2.81 bits per heavy atom. The van der Waals surface area contributed by atoms with Crippen LogP contribution in [0.25, 0.3) is 10.9 Å². The topological polar surface area (TPSA) is 52.2 Å². The Balaban J connectivity index is 1.75. The Hall–Kier alpha value is -2.17. The summed E-state index contributed by atoms with van der Waals surface area (Å²) in [6, 6.07) is 10.4. The maximum atomic E-state index is 11.2. The van der Waals surface area contributed by atoms with Crippen molar-refractivity contribution in [2.75, 3.05) is 13.6 Å². The van der Waals surface area contributed by atoms with Gasteiger partial charge < -0.3 is 15.0 Å². The van der Waals surface area contributed by atoms with Gasteiger partial charge in [-0.1, -0.05) is 11.6 Å². The van der Waals surface area contributed by atoms with Crippen molar-refractivity contribution < 1.29 is 5.11 Å². The van der Waals surface area contributed by atoms with Gasteiger partial charge in [-0.25, -0.2) is 0 Å². The number of pyridine rings is 1. The molecule has 0 fully saturated rings. The minimum atomic E-state index is -0.874. The summed E-state index contributed by atoms with van der Waals surface area (Å²) in [5.74, 6) is 0.297. The first-order valence-corrected chi connectivity index (χ1v) is 9.36. The molecule has 0 aliphatic carbocycles. The number of benzene rings is 1. The summed E-state index contributed by atoms with van der Waals surface area (Å²) in [5.41, 5.74) is 5.22. The number of nitrogens with zero attached hydrogens (tertiary/aromatic N) is 2. The number of rotatable bonds is 3. The monoisotopic (exact) mass is 349 g/mol. The maximum absolute atomic E-state index is 11.2. The molecule has 3 heterocycles. The SMILES string of the molecule is Cc1ccc2[nH]c3c(c2c1)CN(C)CCC3CC(C)(O)c1ccncc1. The summed E-state index contributed by atoms with van der Waals surface area (Å²) >= 11 is 0. The van der Waals surface area contributed by atoms with E-state index < -0.39 is 5.60 Å². The summed E-state index contributed by atoms with van der Waals surface area (Å²) in [6.45, 7) is 6.05. The molecule has 0 spiro atoms. The van der Waals surface area contributed by atoms with E-state index >= 15 is 0 Å². The zero-order valence-corrected chi connectivity index (χ0v) is 15.8. The molecule has 1 aromatic carbocycles. The number of aryl methyl sites for hydroxylation is 1. The van der Waals surface area contributed by atoms with E-state index in [1.807, 2.05) is 19.1 Å². The molecule has 0 radical (unpaired) electrons. The molecule has 0 bridgehead atoms. The highest BCUT2D eigenvalue weighted by molar-refractivity contribution is 5.85.